The van der Waals surface area contributed by atoms with Gasteiger partial charge in [0.1, 0.15) is 11.4 Å². The molecule has 0 aliphatic rings. The molecule has 19 heavy (non-hydrogen) atoms. The van der Waals surface area contributed by atoms with E-state index in [0.717, 1.165) is 6.07 Å². The third-order valence-corrected chi connectivity index (χ3v) is 2.38. The summed E-state index contributed by atoms with van der Waals surface area (Å²) in [5.41, 5.74) is -0.900. The lowest BCUT2D eigenvalue weighted by Crippen LogP contribution is -2.27. The second-order valence-electron chi connectivity index (χ2n) is 4.79. The van der Waals surface area contributed by atoms with E-state index in [4.69, 9.17) is 9.47 Å². The maximum Gasteiger partial charge on any atom is 0.344 e. The first-order chi connectivity index (χ1) is 8.69. The van der Waals surface area contributed by atoms with Gasteiger partial charge >= 0.3 is 11.9 Å². The van der Waals surface area contributed by atoms with Gasteiger partial charge in [-0.2, -0.15) is 0 Å². The molecule has 0 saturated carbocycles. The molecule has 0 bridgehead atoms. The van der Waals surface area contributed by atoms with Crippen molar-refractivity contribution in [3.05, 3.63) is 34.1 Å². The minimum absolute atomic E-state index is 0.238. The molecule has 1 aromatic rings. The molecule has 0 saturated heterocycles. The second-order valence-corrected chi connectivity index (χ2v) is 5.70. The van der Waals surface area contributed by atoms with E-state index in [2.05, 4.69) is 15.9 Å². The van der Waals surface area contributed by atoms with Crippen LogP contribution in [0, 0.1) is 5.82 Å². The number of carbonyl (C=O) groups is 2. The molecule has 0 unspecified atom stereocenters. The molecule has 0 aromatic heterocycles. The minimum Gasteiger partial charge on any atom is -0.457 e. The SMILES string of the molecule is CC(C)(C)OC(=O)COC(=O)c1cc(Br)ccc1F. The van der Waals surface area contributed by atoms with E-state index in [1.807, 2.05) is 0 Å². The fourth-order valence-electron chi connectivity index (χ4n) is 1.23. The number of carbonyl (C=O) groups excluding carboxylic acids is 2. The Labute approximate surface area is 119 Å². The van der Waals surface area contributed by atoms with Crippen LogP contribution in [-0.2, 0) is 14.3 Å². The molecular formula is C13H14BrFO4. The van der Waals surface area contributed by atoms with Crippen LogP contribution in [0.15, 0.2) is 22.7 Å². The van der Waals surface area contributed by atoms with Crippen LogP contribution < -0.4 is 0 Å². The third kappa shape index (κ3) is 5.38. The first kappa shape index (κ1) is 15.6. The molecule has 0 aliphatic heterocycles. The van der Waals surface area contributed by atoms with Crippen molar-refractivity contribution in [2.75, 3.05) is 6.61 Å². The van der Waals surface area contributed by atoms with E-state index in [9.17, 15) is 14.0 Å². The average molecular weight is 333 g/mol. The third-order valence-electron chi connectivity index (χ3n) is 1.89. The van der Waals surface area contributed by atoms with Crippen molar-refractivity contribution in [3.8, 4) is 0 Å². The summed E-state index contributed by atoms with van der Waals surface area (Å²) in [7, 11) is 0. The van der Waals surface area contributed by atoms with Crippen molar-refractivity contribution in [3.63, 3.8) is 0 Å². The summed E-state index contributed by atoms with van der Waals surface area (Å²) in [5, 5.41) is 0. The molecule has 6 heteroatoms. The Morgan fingerprint density at radius 3 is 2.53 bits per heavy atom. The fourth-order valence-corrected chi connectivity index (χ4v) is 1.59. The van der Waals surface area contributed by atoms with Crippen LogP contribution in [-0.4, -0.2) is 24.1 Å². The first-order valence-electron chi connectivity index (χ1n) is 5.53. The van der Waals surface area contributed by atoms with E-state index in [-0.39, 0.29) is 5.56 Å². The predicted octanol–water partition coefficient (Wildman–Crippen LogP) is 3.09. The van der Waals surface area contributed by atoms with Crippen LogP contribution in [0.3, 0.4) is 0 Å². The molecule has 104 valence electrons. The zero-order valence-corrected chi connectivity index (χ0v) is 12.4. The van der Waals surface area contributed by atoms with Crippen LogP contribution in [0.25, 0.3) is 0 Å². The van der Waals surface area contributed by atoms with Crippen molar-refractivity contribution in [2.45, 2.75) is 26.4 Å². The smallest absolute Gasteiger partial charge is 0.344 e. The number of halogens is 2. The van der Waals surface area contributed by atoms with Gasteiger partial charge in [0.2, 0.25) is 0 Å². The van der Waals surface area contributed by atoms with Gasteiger partial charge in [-0.1, -0.05) is 15.9 Å². The molecule has 1 rings (SSSR count). The Bertz CT molecular complexity index is 494. The number of ether oxygens (including phenoxy) is 2. The highest BCUT2D eigenvalue weighted by molar-refractivity contribution is 9.10. The molecule has 0 aliphatic carbocycles. The van der Waals surface area contributed by atoms with Crippen molar-refractivity contribution < 1.29 is 23.5 Å². The second kappa shape index (κ2) is 6.14. The minimum atomic E-state index is -0.912. The molecule has 0 spiro atoms. The summed E-state index contributed by atoms with van der Waals surface area (Å²) in [6, 6.07) is 3.88. The highest BCUT2D eigenvalue weighted by atomic mass is 79.9. The van der Waals surface area contributed by atoms with Crippen LogP contribution >= 0.6 is 15.9 Å². The molecule has 1 aromatic carbocycles. The van der Waals surface area contributed by atoms with Gasteiger partial charge in [-0.05, 0) is 39.0 Å². The van der Waals surface area contributed by atoms with Crippen LogP contribution in [0.5, 0.6) is 0 Å². The van der Waals surface area contributed by atoms with Gasteiger partial charge < -0.3 is 9.47 Å². The lowest BCUT2D eigenvalue weighted by Gasteiger charge is -2.19. The Morgan fingerprint density at radius 2 is 1.95 bits per heavy atom. The quantitative estimate of drug-likeness (QED) is 0.798. The molecule has 0 atom stereocenters. The van der Waals surface area contributed by atoms with Gasteiger partial charge in [0.05, 0.1) is 5.56 Å². The Hall–Kier alpha value is -1.43. The maximum absolute atomic E-state index is 13.4. The van der Waals surface area contributed by atoms with Crippen LogP contribution in [0.1, 0.15) is 31.1 Å². The van der Waals surface area contributed by atoms with Crippen molar-refractivity contribution in [1.82, 2.24) is 0 Å². The summed E-state index contributed by atoms with van der Waals surface area (Å²) in [6.45, 7) is 4.53. The van der Waals surface area contributed by atoms with E-state index >= 15 is 0 Å². The summed E-state index contributed by atoms with van der Waals surface area (Å²) < 4.78 is 23.6. The molecule has 0 N–H and O–H groups in total. The lowest BCUT2D eigenvalue weighted by molar-refractivity contribution is -0.158. The summed E-state index contributed by atoms with van der Waals surface area (Å²) in [4.78, 5) is 22.9. The summed E-state index contributed by atoms with van der Waals surface area (Å²) in [5.74, 6) is -2.31. The van der Waals surface area contributed by atoms with Gasteiger partial charge in [0.25, 0.3) is 0 Å². The van der Waals surface area contributed by atoms with Crippen molar-refractivity contribution in [1.29, 1.82) is 0 Å². The molecule has 0 heterocycles. The predicted molar refractivity (Wildman–Crippen MR) is 70.2 cm³/mol. The van der Waals surface area contributed by atoms with E-state index in [1.165, 1.54) is 12.1 Å². The van der Waals surface area contributed by atoms with Gasteiger partial charge in [-0.3, -0.25) is 0 Å². The molecule has 0 radical (unpaired) electrons. The number of esters is 2. The molecule has 4 nitrogen and oxygen atoms in total. The zero-order valence-electron chi connectivity index (χ0n) is 10.8. The van der Waals surface area contributed by atoms with E-state index in [1.54, 1.807) is 20.8 Å². The van der Waals surface area contributed by atoms with Crippen LogP contribution in [0.4, 0.5) is 4.39 Å². The fraction of sp³-hybridized carbons (Fsp3) is 0.385. The summed E-state index contributed by atoms with van der Waals surface area (Å²) in [6.07, 6.45) is 0. The number of rotatable bonds is 3. The average Bonchev–Trinajstić information content (AvgIpc) is 2.27. The monoisotopic (exact) mass is 332 g/mol. The van der Waals surface area contributed by atoms with Gasteiger partial charge in [-0.25, -0.2) is 14.0 Å². The maximum atomic E-state index is 13.4. The Morgan fingerprint density at radius 1 is 1.32 bits per heavy atom. The normalized spacial score (nSPS) is 11.0. The number of hydrogen-bond acceptors (Lipinski definition) is 4. The number of hydrogen-bond donors (Lipinski definition) is 0. The first-order valence-corrected chi connectivity index (χ1v) is 6.32. The summed E-state index contributed by atoms with van der Waals surface area (Å²) >= 11 is 3.12. The molecule has 0 fully saturated rings. The molecule has 0 amide bonds. The standard InChI is InChI=1S/C13H14BrFO4/c1-13(2,3)19-11(16)7-18-12(17)9-6-8(14)4-5-10(9)15/h4-6H,7H2,1-3H3. The Balaban J connectivity index is 2.61. The zero-order chi connectivity index (χ0) is 14.6. The highest BCUT2D eigenvalue weighted by Crippen LogP contribution is 2.16. The number of benzene rings is 1. The topological polar surface area (TPSA) is 52.6 Å². The van der Waals surface area contributed by atoms with Crippen molar-refractivity contribution in [2.24, 2.45) is 0 Å². The van der Waals surface area contributed by atoms with Gasteiger partial charge in [0, 0.05) is 4.47 Å². The largest absolute Gasteiger partial charge is 0.457 e. The van der Waals surface area contributed by atoms with E-state index < -0.39 is 30.0 Å². The van der Waals surface area contributed by atoms with E-state index in [0.29, 0.717) is 4.47 Å². The highest BCUT2D eigenvalue weighted by Gasteiger charge is 2.19. The van der Waals surface area contributed by atoms with Crippen LogP contribution in [0.2, 0.25) is 0 Å². The Kier molecular flexibility index (Phi) is 5.05. The molecular weight excluding hydrogens is 319 g/mol. The van der Waals surface area contributed by atoms with Gasteiger partial charge in [-0.15, -0.1) is 0 Å². The van der Waals surface area contributed by atoms with Gasteiger partial charge in [0.15, 0.2) is 6.61 Å². The lowest BCUT2D eigenvalue weighted by atomic mass is 10.2. The van der Waals surface area contributed by atoms with Crippen molar-refractivity contribution >= 4 is 27.9 Å².